The van der Waals surface area contributed by atoms with E-state index in [1.807, 2.05) is 12.1 Å². The summed E-state index contributed by atoms with van der Waals surface area (Å²) in [5.41, 5.74) is 0.0942. The van der Waals surface area contributed by atoms with Crippen molar-refractivity contribution in [3.05, 3.63) is 90.5 Å². The first-order chi connectivity index (χ1) is 16.4. The van der Waals surface area contributed by atoms with Gasteiger partial charge in [-0.25, -0.2) is 0 Å². The summed E-state index contributed by atoms with van der Waals surface area (Å²) in [6.07, 6.45) is -5.97. The molecule has 187 valence electrons. The third-order valence-electron chi connectivity index (χ3n) is 5.93. The van der Waals surface area contributed by atoms with Crippen LogP contribution in [0, 0.1) is 132 Å². The molecular formula is C25H26Ac3NO7P. The predicted octanol–water partition coefficient (Wildman–Crippen LogP) is -0.144. The van der Waals surface area contributed by atoms with Gasteiger partial charge in [-0.2, -0.15) is 0 Å². The summed E-state index contributed by atoms with van der Waals surface area (Å²) in [5.74, 6) is -0.705. The second-order valence-electron chi connectivity index (χ2n) is 8.03. The number of amides is 1. The van der Waals surface area contributed by atoms with Crippen LogP contribution in [0.1, 0.15) is 10.4 Å². The average molecular weight is 1160 g/mol. The Morgan fingerprint density at radius 3 is 1.78 bits per heavy atom. The first-order valence-electron chi connectivity index (χ1n) is 10.8. The Morgan fingerprint density at radius 2 is 1.27 bits per heavy atom. The van der Waals surface area contributed by atoms with Crippen molar-refractivity contribution in [2.75, 3.05) is 6.61 Å². The van der Waals surface area contributed by atoms with Crippen LogP contribution in [0.5, 0.6) is 0 Å². The summed E-state index contributed by atoms with van der Waals surface area (Å²) >= 11 is 0. The Hall–Kier alpha value is 1.48. The Labute approximate surface area is 323 Å². The van der Waals surface area contributed by atoms with Crippen molar-refractivity contribution in [1.29, 1.82) is 0 Å². The molecule has 37 heavy (non-hydrogen) atoms. The molecule has 1 amide bonds. The third-order valence-corrected chi connectivity index (χ3v) is 9.04. The van der Waals surface area contributed by atoms with Gasteiger partial charge < -0.3 is 35.0 Å². The fourth-order valence-electron chi connectivity index (χ4n) is 4.13. The quantitative estimate of drug-likeness (QED) is 0.217. The smallest absolute Gasteiger partial charge is 0.252 e. The number of carbonyl (C=O) groups excluding carboxylic acids is 1. The molecule has 12 heteroatoms. The molecule has 0 bridgehead atoms. The molecule has 4 rings (SSSR count). The van der Waals surface area contributed by atoms with Gasteiger partial charge in [-0.15, -0.1) is 0 Å². The molecule has 1 aliphatic rings. The maximum Gasteiger partial charge on any atom is 0.252 e. The van der Waals surface area contributed by atoms with Crippen LogP contribution in [0.3, 0.4) is 0 Å². The molecule has 1 fully saturated rings. The van der Waals surface area contributed by atoms with Crippen LogP contribution in [-0.2, 0) is 9.30 Å². The number of hydrogen-bond donors (Lipinski definition) is 5. The van der Waals surface area contributed by atoms with Crippen LogP contribution in [0.25, 0.3) is 0 Å². The van der Waals surface area contributed by atoms with E-state index >= 15 is 0 Å². The monoisotopic (exact) mass is 1160 g/mol. The van der Waals surface area contributed by atoms with E-state index in [0.29, 0.717) is 15.9 Å². The van der Waals surface area contributed by atoms with Crippen molar-refractivity contribution in [3.63, 3.8) is 0 Å². The van der Waals surface area contributed by atoms with Crippen molar-refractivity contribution >= 4 is 29.0 Å². The SMILES string of the molecule is O=C(N[C@H]1C(O)[C@H](O)C(CO)O[C@H]1O)c1ccccc1P(=O)(c1ccccc1)c1ccccc1.[Ac].[Ac].[Ac]. The minimum absolute atomic E-state index is 0. The van der Waals surface area contributed by atoms with Crippen LogP contribution in [0.2, 0.25) is 0 Å². The van der Waals surface area contributed by atoms with Gasteiger partial charge in [0.25, 0.3) is 5.91 Å². The average Bonchev–Trinajstić information content (AvgIpc) is 2.89. The summed E-state index contributed by atoms with van der Waals surface area (Å²) in [6.45, 7) is -0.615. The number of aliphatic hydroxyl groups excluding tert-OH is 4. The number of nitrogens with one attached hydrogen (secondary N) is 1. The Morgan fingerprint density at radius 1 is 0.784 bits per heavy atom. The van der Waals surface area contributed by atoms with E-state index in [1.54, 1.807) is 66.7 Å². The van der Waals surface area contributed by atoms with E-state index in [2.05, 4.69) is 5.32 Å². The maximum absolute atomic E-state index is 14.7. The Kier molecular flexibility index (Phi) is 16.6. The minimum atomic E-state index is -3.48. The molecule has 1 saturated heterocycles. The first kappa shape index (κ1) is 36.5. The number of rotatable bonds is 6. The molecular weight excluding hydrogens is 1140 g/mol. The fraction of sp³-hybridized carbons (Fsp3) is 0.240. The van der Waals surface area contributed by atoms with E-state index in [4.69, 9.17) is 4.74 Å². The topological polar surface area (TPSA) is 136 Å². The molecule has 0 saturated carbocycles. The molecule has 8 nitrogen and oxygen atoms in total. The van der Waals surface area contributed by atoms with Gasteiger partial charge in [-0.3, -0.25) is 4.79 Å². The largest absolute Gasteiger partial charge is 0.394 e. The standard InChI is InChI=1S/C25H26NO7P.3Ac/c27-15-19-22(28)23(29)21(25(31)33-19)26-24(30)18-13-7-8-14-20(18)34(32,16-9-3-1-4-10-16)17-11-5-2-6-12-17;;;/h1-14,19,21-23,25,27-29,31H,15H2,(H,26,30);;;/t19?,21-,22+,23?,25+;;;/m0.../s1. The predicted molar refractivity (Wildman–Crippen MR) is 127 cm³/mol. The van der Waals surface area contributed by atoms with E-state index in [9.17, 15) is 29.8 Å². The summed E-state index contributed by atoms with van der Waals surface area (Å²) in [7, 11) is -3.48. The molecule has 0 spiro atoms. The summed E-state index contributed by atoms with van der Waals surface area (Å²) in [5, 5.41) is 44.0. The molecule has 3 aromatic rings. The Balaban J connectivity index is 0.00000228. The molecule has 3 aromatic carbocycles. The zero-order chi connectivity index (χ0) is 24.3. The number of ether oxygens (including phenoxy) is 1. The van der Waals surface area contributed by atoms with Crippen LogP contribution in [0.15, 0.2) is 84.9 Å². The summed E-state index contributed by atoms with van der Waals surface area (Å²) < 4.78 is 19.9. The van der Waals surface area contributed by atoms with Gasteiger partial charge in [0, 0.05) is 148 Å². The van der Waals surface area contributed by atoms with Crippen LogP contribution in [0.4, 0.5) is 0 Å². The van der Waals surface area contributed by atoms with Crippen LogP contribution in [-0.4, -0.2) is 63.6 Å². The van der Waals surface area contributed by atoms with E-state index in [-0.39, 0.29) is 138 Å². The van der Waals surface area contributed by atoms with Crippen molar-refractivity contribution in [2.45, 2.75) is 30.6 Å². The van der Waals surface area contributed by atoms with Crippen LogP contribution >= 0.6 is 7.14 Å². The second kappa shape index (κ2) is 16.8. The third kappa shape index (κ3) is 8.07. The van der Waals surface area contributed by atoms with E-state index in [0.717, 1.165) is 0 Å². The van der Waals surface area contributed by atoms with E-state index < -0.39 is 50.3 Å². The molecule has 5 atom stereocenters. The summed E-state index contributed by atoms with van der Waals surface area (Å²) in [4.78, 5) is 13.4. The number of aliphatic hydroxyl groups is 4. The van der Waals surface area contributed by atoms with Gasteiger partial charge >= 0.3 is 0 Å². The van der Waals surface area contributed by atoms with Crippen molar-refractivity contribution in [2.24, 2.45) is 0 Å². The van der Waals surface area contributed by atoms with Gasteiger partial charge in [-0.05, 0) is 6.07 Å². The van der Waals surface area contributed by atoms with Gasteiger partial charge in [0.2, 0.25) is 0 Å². The maximum atomic E-state index is 14.7. The normalized spacial score (nSPS) is 23.0. The number of hydrogen-bond acceptors (Lipinski definition) is 7. The molecule has 2 unspecified atom stereocenters. The Bertz CT molecular complexity index is 1150. The first-order valence-corrected chi connectivity index (χ1v) is 12.5. The summed E-state index contributed by atoms with van der Waals surface area (Å²) in [6, 6.07) is 22.8. The van der Waals surface area contributed by atoms with Gasteiger partial charge in [-0.1, -0.05) is 78.9 Å². The van der Waals surface area contributed by atoms with Gasteiger partial charge in [0.05, 0.1) is 12.2 Å². The van der Waals surface area contributed by atoms with Crippen molar-refractivity contribution in [1.82, 2.24) is 5.32 Å². The van der Waals surface area contributed by atoms with Crippen LogP contribution < -0.4 is 21.2 Å². The molecule has 1 heterocycles. The molecule has 3 radical (unpaired) electrons. The van der Waals surface area contributed by atoms with E-state index in [1.165, 1.54) is 6.07 Å². The zero-order valence-corrected chi connectivity index (χ0v) is 35.0. The van der Waals surface area contributed by atoms with Gasteiger partial charge in [0.1, 0.15) is 24.4 Å². The van der Waals surface area contributed by atoms with Crippen molar-refractivity contribution < 1.29 is 167 Å². The fourth-order valence-corrected chi connectivity index (χ4v) is 6.98. The molecule has 5 N–H and O–H groups in total. The molecule has 0 aromatic heterocycles. The second-order valence-corrected chi connectivity index (χ2v) is 10.8. The van der Waals surface area contributed by atoms with Crippen molar-refractivity contribution in [3.8, 4) is 0 Å². The zero-order valence-electron chi connectivity index (χ0n) is 19.9. The number of carbonyl (C=O) groups is 1. The van der Waals surface area contributed by atoms with Gasteiger partial charge in [0.15, 0.2) is 13.4 Å². The number of benzene rings is 3. The molecule has 0 aliphatic carbocycles. The molecule has 1 aliphatic heterocycles. The minimum Gasteiger partial charge on any atom is -0.394 e.